The van der Waals surface area contributed by atoms with Crippen molar-refractivity contribution in [3.63, 3.8) is 0 Å². The van der Waals surface area contributed by atoms with Crippen LogP contribution in [0.15, 0.2) is 42.6 Å². The Labute approximate surface area is 114 Å². The van der Waals surface area contributed by atoms with Crippen LogP contribution < -0.4 is 10.1 Å². The number of pyridine rings is 1. The van der Waals surface area contributed by atoms with Crippen molar-refractivity contribution in [2.24, 2.45) is 0 Å². The number of methoxy groups -OCH3 is 1. The van der Waals surface area contributed by atoms with Gasteiger partial charge in [0.2, 0.25) is 0 Å². The van der Waals surface area contributed by atoms with Crippen molar-refractivity contribution in [3.05, 3.63) is 59.4 Å². The zero-order valence-electron chi connectivity index (χ0n) is 11.7. The minimum absolute atomic E-state index is 0.171. The smallest absolute Gasteiger partial charge is 0.118 e. The summed E-state index contributed by atoms with van der Waals surface area (Å²) in [4.78, 5) is 4.38. The quantitative estimate of drug-likeness (QED) is 0.892. The lowest BCUT2D eigenvalue weighted by atomic mass is 9.97. The third-order valence-corrected chi connectivity index (χ3v) is 3.22. The number of rotatable bonds is 5. The second-order valence-corrected chi connectivity index (χ2v) is 4.44. The molecule has 0 aliphatic rings. The van der Waals surface area contributed by atoms with Gasteiger partial charge in [0.25, 0.3) is 0 Å². The summed E-state index contributed by atoms with van der Waals surface area (Å²) in [5.41, 5.74) is 3.50. The van der Waals surface area contributed by atoms with Crippen LogP contribution >= 0.6 is 0 Å². The van der Waals surface area contributed by atoms with Crippen LogP contribution in [-0.2, 0) is 0 Å². The van der Waals surface area contributed by atoms with E-state index in [1.54, 1.807) is 7.11 Å². The minimum atomic E-state index is 0.171. The fraction of sp³-hybridized carbons (Fsp3) is 0.312. The Bertz CT molecular complexity index is 523. The molecule has 3 nitrogen and oxygen atoms in total. The Balaban J connectivity index is 2.36. The maximum Gasteiger partial charge on any atom is 0.118 e. The van der Waals surface area contributed by atoms with Gasteiger partial charge in [0, 0.05) is 11.9 Å². The maximum atomic E-state index is 5.21. The van der Waals surface area contributed by atoms with E-state index in [1.807, 2.05) is 31.3 Å². The Morgan fingerprint density at radius 2 is 1.95 bits per heavy atom. The van der Waals surface area contributed by atoms with Gasteiger partial charge in [-0.05, 0) is 42.8 Å². The van der Waals surface area contributed by atoms with E-state index in [0.717, 1.165) is 18.0 Å². The van der Waals surface area contributed by atoms with E-state index in [2.05, 4.69) is 35.4 Å². The Morgan fingerprint density at radius 1 is 1.21 bits per heavy atom. The van der Waals surface area contributed by atoms with Crippen LogP contribution in [0.25, 0.3) is 0 Å². The van der Waals surface area contributed by atoms with E-state index in [1.165, 1.54) is 11.1 Å². The molecule has 0 bridgehead atoms. The number of nitrogens with one attached hydrogen (secondary N) is 1. The highest BCUT2D eigenvalue weighted by Crippen LogP contribution is 2.25. The molecule has 19 heavy (non-hydrogen) atoms. The third kappa shape index (κ3) is 3.12. The molecule has 1 aromatic carbocycles. The Morgan fingerprint density at radius 3 is 2.53 bits per heavy atom. The summed E-state index contributed by atoms with van der Waals surface area (Å²) < 4.78 is 5.21. The summed E-state index contributed by atoms with van der Waals surface area (Å²) in [6, 6.07) is 12.5. The number of aromatic nitrogens is 1. The topological polar surface area (TPSA) is 34.1 Å². The minimum Gasteiger partial charge on any atom is -0.497 e. The first kappa shape index (κ1) is 13.6. The monoisotopic (exact) mass is 256 g/mol. The van der Waals surface area contributed by atoms with Gasteiger partial charge in [-0.1, -0.05) is 25.1 Å². The van der Waals surface area contributed by atoms with Gasteiger partial charge in [-0.3, -0.25) is 4.98 Å². The summed E-state index contributed by atoms with van der Waals surface area (Å²) >= 11 is 0. The molecule has 1 aromatic heterocycles. The molecular formula is C16H20N2O. The fourth-order valence-electron chi connectivity index (χ4n) is 2.21. The Kier molecular flexibility index (Phi) is 4.53. The van der Waals surface area contributed by atoms with Crippen molar-refractivity contribution in [1.82, 2.24) is 10.3 Å². The van der Waals surface area contributed by atoms with Crippen LogP contribution in [0.4, 0.5) is 0 Å². The lowest BCUT2D eigenvalue weighted by molar-refractivity contribution is 0.414. The van der Waals surface area contributed by atoms with Crippen molar-refractivity contribution in [3.8, 4) is 5.75 Å². The molecule has 0 aliphatic heterocycles. The van der Waals surface area contributed by atoms with E-state index in [4.69, 9.17) is 4.74 Å². The molecular weight excluding hydrogens is 236 g/mol. The molecule has 0 saturated carbocycles. The highest BCUT2D eigenvalue weighted by atomic mass is 16.5. The van der Waals surface area contributed by atoms with Gasteiger partial charge in [0.15, 0.2) is 0 Å². The van der Waals surface area contributed by atoms with E-state index in [9.17, 15) is 0 Å². The van der Waals surface area contributed by atoms with Gasteiger partial charge in [-0.2, -0.15) is 0 Å². The lowest BCUT2D eigenvalue weighted by Gasteiger charge is -2.20. The molecule has 1 atom stereocenters. The highest BCUT2D eigenvalue weighted by Gasteiger charge is 2.15. The summed E-state index contributed by atoms with van der Waals surface area (Å²) in [6.45, 7) is 5.07. The van der Waals surface area contributed by atoms with Crippen LogP contribution in [0.1, 0.15) is 29.8 Å². The molecule has 100 valence electrons. The first-order valence-corrected chi connectivity index (χ1v) is 6.55. The van der Waals surface area contributed by atoms with Crippen LogP contribution in [0, 0.1) is 6.92 Å². The number of nitrogens with zero attached hydrogens (tertiary/aromatic N) is 1. The van der Waals surface area contributed by atoms with Gasteiger partial charge in [0.1, 0.15) is 5.75 Å². The van der Waals surface area contributed by atoms with Crippen molar-refractivity contribution in [1.29, 1.82) is 0 Å². The first-order chi connectivity index (χ1) is 9.26. The standard InChI is InChI=1S/C16H20N2O/c1-4-17-16(15-6-5-11-18-12(15)2)13-7-9-14(19-3)10-8-13/h5-11,16-17H,4H2,1-3H3. The predicted molar refractivity (Wildman–Crippen MR) is 77.5 cm³/mol. The highest BCUT2D eigenvalue weighted by molar-refractivity contribution is 5.36. The van der Waals surface area contributed by atoms with Gasteiger partial charge >= 0.3 is 0 Å². The molecule has 1 unspecified atom stereocenters. The number of hydrogen-bond donors (Lipinski definition) is 1. The molecule has 0 fully saturated rings. The first-order valence-electron chi connectivity index (χ1n) is 6.55. The summed E-state index contributed by atoms with van der Waals surface area (Å²) in [6.07, 6.45) is 1.83. The van der Waals surface area contributed by atoms with Gasteiger partial charge in [-0.25, -0.2) is 0 Å². The van der Waals surface area contributed by atoms with Crippen LogP contribution in [0.3, 0.4) is 0 Å². The number of aryl methyl sites for hydroxylation is 1. The molecule has 1 heterocycles. The second kappa shape index (κ2) is 6.34. The lowest BCUT2D eigenvalue weighted by Crippen LogP contribution is -2.23. The zero-order chi connectivity index (χ0) is 13.7. The van der Waals surface area contributed by atoms with Crippen LogP contribution in [0.5, 0.6) is 5.75 Å². The van der Waals surface area contributed by atoms with Crippen molar-refractivity contribution in [2.45, 2.75) is 19.9 Å². The fourth-order valence-corrected chi connectivity index (χ4v) is 2.21. The molecule has 0 radical (unpaired) electrons. The van der Waals surface area contributed by atoms with Gasteiger partial charge < -0.3 is 10.1 Å². The average Bonchev–Trinajstić information content (AvgIpc) is 2.46. The van der Waals surface area contributed by atoms with Gasteiger partial charge in [-0.15, -0.1) is 0 Å². The molecule has 0 saturated heterocycles. The number of ether oxygens (including phenoxy) is 1. The molecule has 0 spiro atoms. The Hall–Kier alpha value is -1.87. The van der Waals surface area contributed by atoms with E-state index < -0.39 is 0 Å². The van der Waals surface area contributed by atoms with E-state index in [0.29, 0.717) is 0 Å². The second-order valence-electron chi connectivity index (χ2n) is 4.44. The maximum absolute atomic E-state index is 5.21. The normalized spacial score (nSPS) is 12.2. The SMILES string of the molecule is CCNC(c1ccc(OC)cc1)c1cccnc1C. The number of hydrogen-bond acceptors (Lipinski definition) is 3. The molecule has 1 N–H and O–H groups in total. The van der Waals surface area contributed by atoms with E-state index >= 15 is 0 Å². The number of benzene rings is 1. The molecule has 2 aromatic rings. The van der Waals surface area contributed by atoms with Crippen LogP contribution in [-0.4, -0.2) is 18.6 Å². The van der Waals surface area contributed by atoms with Gasteiger partial charge in [0.05, 0.1) is 13.2 Å². The predicted octanol–water partition coefficient (Wildman–Crippen LogP) is 3.10. The summed E-state index contributed by atoms with van der Waals surface area (Å²) in [5.74, 6) is 0.877. The molecule has 0 aliphatic carbocycles. The summed E-state index contributed by atoms with van der Waals surface area (Å²) in [5, 5.41) is 3.51. The molecule has 3 heteroatoms. The average molecular weight is 256 g/mol. The largest absolute Gasteiger partial charge is 0.497 e. The van der Waals surface area contributed by atoms with Crippen molar-refractivity contribution in [2.75, 3.05) is 13.7 Å². The van der Waals surface area contributed by atoms with Crippen molar-refractivity contribution < 1.29 is 4.74 Å². The van der Waals surface area contributed by atoms with Crippen LogP contribution in [0.2, 0.25) is 0 Å². The van der Waals surface area contributed by atoms with E-state index in [-0.39, 0.29) is 6.04 Å². The third-order valence-electron chi connectivity index (χ3n) is 3.22. The molecule has 2 rings (SSSR count). The molecule has 0 amide bonds. The zero-order valence-corrected chi connectivity index (χ0v) is 11.7. The summed E-state index contributed by atoms with van der Waals surface area (Å²) in [7, 11) is 1.68. The van der Waals surface area contributed by atoms with Crippen molar-refractivity contribution >= 4 is 0 Å².